The molecule has 39 heavy (non-hydrogen) atoms. The predicted molar refractivity (Wildman–Crippen MR) is 156 cm³/mol. The maximum absolute atomic E-state index is 8.96. The highest BCUT2D eigenvalue weighted by Crippen LogP contribution is 2.21. The van der Waals surface area contributed by atoms with Crippen molar-refractivity contribution >= 4 is 11.4 Å². The fourth-order valence-corrected chi connectivity index (χ4v) is 4.41. The SMILES string of the molecule is C=C(Nc1ccc(C)c(C#Cc2ccc(-c3ncc(C#N)[nH]3)nc2)c1)c1ccc(CN2CCN(C)CC2)cc1. The highest BCUT2D eigenvalue weighted by atomic mass is 15.2. The maximum atomic E-state index is 8.96. The van der Waals surface area contributed by atoms with Crippen LogP contribution in [0.15, 0.2) is 73.6 Å². The fourth-order valence-electron chi connectivity index (χ4n) is 4.41. The first-order valence-corrected chi connectivity index (χ1v) is 13.0. The summed E-state index contributed by atoms with van der Waals surface area (Å²) in [5, 5.41) is 12.4. The number of piperazine rings is 1. The highest BCUT2D eigenvalue weighted by molar-refractivity contribution is 5.76. The Bertz CT molecular complexity index is 1560. The van der Waals surface area contributed by atoms with Gasteiger partial charge in [0.05, 0.1) is 6.20 Å². The zero-order chi connectivity index (χ0) is 27.2. The van der Waals surface area contributed by atoms with Crippen molar-refractivity contribution in [1.82, 2.24) is 24.8 Å². The second-order valence-corrected chi connectivity index (χ2v) is 9.85. The van der Waals surface area contributed by atoms with Gasteiger partial charge in [-0.25, -0.2) is 4.98 Å². The molecular weight excluding hydrogens is 482 g/mol. The molecule has 4 aromatic rings. The van der Waals surface area contributed by atoms with Crippen LogP contribution in [0.25, 0.3) is 17.2 Å². The van der Waals surface area contributed by atoms with Crippen LogP contribution in [-0.2, 0) is 6.54 Å². The number of hydrogen-bond acceptors (Lipinski definition) is 6. The van der Waals surface area contributed by atoms with Crippen LogP contribution in [0.1, 0.15) is 33.5 Å². The maximum Gasteiger partial charge on any atom is 0.157 e. The van der Waals surface area contributed by atoms with Gasteiger partial charge in [0.2, 0.25) is 0 Å². The molecule has 7 nitrogen and oxygen atoms in total. The molecule has 194 valence electrons. The zero-order valence-electron chi connectivity index (χ0n) is 22.3. The number of aromatic amines is 1. The number of imidazole rings is 1. The van der Waals surface area contributed by atoms with Crippen molar-refractivity contribution < 1.29 is 0 Å². The number of anilines is 1. The van der Waals surface area contributed by atoms with Crippen molar-refractivity contribution in [3.8, 4) is 29.4 Å². The van der Waals surface area contributed by atoms with Crippen LogP contribution in [0.5, 0.6) is 0 Å². The molecule has 0 atom stereocenters. The van der Waals surface area contributed by atoms with Gasteiger partial charge in [0, 0.05) is 61.4 Å². The summed E-state index contributed by atoms with van der Waals surface area (Å²) in [6.07, 6.45) is 3.21. The smallest absolute Gasteiger partial charge is 0.157 e. The number of nitrogens with one attached hydrogen (secondary N) is 2. The summed E-state index contributed by atoms with van der Waals surface area (Å²) in [6, 6.07) is 20.6. The molecule has 1 aliphatic rings. The normalized spacial score (nSPS) is 13.8. The van der Waals surface area contributed by atoms with Gasteiger partial charge >= 0.3 is 0 Å². The zero-order valence-corrected chi connectivity index (χ0v) is 22.3. The fraction of sp³-hybridized carbons (Fsp3) is 0.219. The number of hydrogen-bond donors (Lipinski definition) is 2. The lowest BCUT2D eigenvalue weighted by atomic mass is 10.1. The van der Waals surface area contributed by atoms with E-state index in [4.69, 9.17) is 5.26 Å². The van der Waals surface area contributed by atoms with E-state index >= 15 is 0 Å². The first-order valence-electron chi connectivity index (χ1n) is 13.0. The molecule has 0 unspecified atom stereocenters. The minimum Gasteiger partial charge on any atom is -0.355 e. The van der Waals surface area contributed by atoms with Gasteiger partial charge < -0.3 is 15.2 Å². The molecule has 2 aromatic carbocycles. The van der Waals surface area contributed by atoms with E-state index < -0.39 is 0 Å². The summed E-state index contributed by atoms with van der Waals surface area (Å²) in [4.78, 5) is 16.4. The lowest BCUT2D eigenvalue weighted by Crippen LogP contribution is -2.43. The van der Waals surface area contributed by atoms with E-state index in [1.807, 2.05) is 37.3 Å². The summed E-state index contributed by atoms with van der Waals surface area (Å²) < 4.78 is 0. The van der Waals surface area contributed by atoms with Crippen molar-refractivity contribution in [2.45, 2.75) is 13.5 Å². The molecule has 0 bridgehead atoms. The number of aryl methyl sites for hydroxylation is 1. The Balaban J connectivity index is 1.22. The van der Waals surface area contributed by atoms with E-state index in [0.29, 0.717) is 17.2 Å². The third kappa shape index (κ3) is 6.61. The van der Waals surface area contributed by atoms with Gasteiger partial charge in [0.25, 0.3) is 0 Å². The van der Waals surface area contributed by atoms with E-state index in [0.717, 1.165) is 66.4 Å². The van der Waals surface area contributed by atoms with E-state index in [-0.39, 0.29) is 0 Å². The number of benzene rings is 2. The molecule has 2 aromatic heterocycles. The minimum absolute atomic E-state index is 0.403. The summed E-state index contributed by atoms with van der Waals surface area (Å²) in [5.74, 6) is 7.03. The number of nitriles is 1. The Morgan fingerprint density at radius 1 is 1.00 bits per heavy atom. The number of likely N-dealkylation sites (N-methyl/N-ethyl adjacent to an activating group) is 1. The highest BCUT2D eigenvalue weighted by Gasteiger charge is 2.14. The van der Waals surface area contributed by atoms with Crippen molar-refractivity contribution in [3.63, 3.8) is 0 Å². The van der Waals surface area contributed by atoms with Crippen LogP contribution in [0, 0.1) is 30.1 Å². The number of rotatable bonds is 6. The van der Waals surface area contributed by atoms with Crippen LogP contribution >= 0.6 is 0 Å². The largest absolute Gasteiger partial charge is 0.355 e. The molecule has 5 rings (SSSR count). The molecule has 1 fully saturated rings. The first-order chi connectivity index (χ1) is 19.0. The van der Waals surface area contributed by atoms with Gasteiger partial charge in [-0.3, -0.25) is 9.88 Å². The molecule has 2 N–H and O–H groups in total. The molecule has 7 heteroatoms. The summed E-state index contributed by atoms with van der Waals surface area (Å²) >= 11 is 0. The Morgan fingerprint density at radius 2 is 1.79 bits per heavy atom. The van der Waals surface area contributed by atoms with E-state index in [9.17, 15) is 0 Å². The van der Waals surface area contributed by atoms with E-state index in [2.05, 4.69) is 85.9 Å². The molecule has 0 amide bonds. The molecule has 1 saturated heterocycles. The molecule has 1 aliphatic heterocycles. The first kappa shape index (κ1) is 25.9. The standard InChI is InChI=1S/C32H31N7/c1-23-4-12-29(36-24(2)27-9-6-26(7-10-27)22-39-16-14-38(3)15-17-39)18-28(23)11-5-25-8-13-31(34-20-25)32-35-21-30(19-33)37-32/h4,6-10,12-13,18,20-21,36H,2,14-17,22H2,1,3H3,(H,35,37). The lowest BCUT2D eigenvalue weighted by Gasteiger charge is -2.32. The van der Waals surface area contributed by atoms with Crippen LogP contribution < -0.4 is 5.32 Å². The van der Waals surface area contributed by atoms with Gasteiger partial charge in [0.15, 0.2) is 5.82 Å². The van der Waals surface area contributed by atoms with Gasteiger partial charge in [-0.05, 0) is 54.9 Å². The number of aromatic nitrogens is 3. The van der Waals surface area contributed by atoms with Crippen LogP contribution in [-0.4, -0.2) is 58.0 Å². The Morgan fingerprint density at radius 3 is 2.49 bits per heavy atom. The van der Waals surface area contributed by atoms with E-state index in [1.54, 1.807) is 6.20 Å². The number of H-pyrrole nitrogens is 1. The third-order valence-corrected chi connectivity index (χ3v) is 6.88. The second kappa shape index (κ2) is 11.8. The quantitative estimate of drug-likeness (QED) is 0.358. The monoisotopic (exact) mass is 513 g/mol. The molecule has 0 saturated carbocycles. The number of pyridine rings is 1. The van der Waals surface area contributed by atoms with Crippen molar-refractivity contribution in [2.75, 3.05) is 38.5 Å². The van der Waals surface area contributed by atoms with Gasteiger partial charge in [-0.2, -0.15) is 5.26 Å². The van der Waals surface area contributed by atoms with Crippen LogP contribution in [0.2, 0.25) is 0 Å². The van der Waals surface area contributed by atoms with Gasteiger partial charge in [-0.15, -0.1) is 0 Å². The van der Waals surface area contributed by atoms with Crippen molar-refractivity contribution in [3.05, 3.63) is 107 Å². The van der Waals surface area contributed by atoms with Crippen LogP contribution in [0.3, 0.4) is 0 Å². The predicted octanol–water partition coefficient (Wildman–Crippen LogP) is 4.88. The van der Waals surface area contributed by atoms with Gasteiger partial charge in [-0.1, -0.05) is 48.8 Å². The molecule has 0 radical (unpaired) electrons. The molecule has 3 heterocycles. The van der Waals surface area contributed by atoms with Crippen LogP contribution in [0.4, 0.5) is 5.69 Å². The minimum atomic E-state index is 0.403. The Kier molecular flexibility index (Phi) is 7.84. The molecule has 0 aliphatic carbocycles. The average Bonchev–Trinajstić information content (AvgIpc) is 3.45. The van der Waals surface area contributed by atoms with Crippen molar-refractivity contribution in [2.24, 2.45) is 0 Å². The average molecular weight is 514 g/mol. The summed E-state index contributed by atoms with van der Waals surface area (Å²) in [7, 11) is 2.18. The van der Waals surface area contributed by atoms with E-state index in [1.165, 1.54) is 11.8 Å². The third-order valence-electron chi connectivity index (χ3n) is 6.88. The second-order valence-electron chi connectivity index (χ2n) is 9.85. The number of nitrogens with zero attached hydrogens (tertiary/aromatic N) is 5. The summed E-state index contributed by atoms with van der Waals surface area (Å²) in [6.45, 7) is 11.8. The van der Waals surface area contributed by atoms with Crippen molar-refractivity contribution in [1.29, 1.82) is 5.26 Å². The van der Waals surface area contributed by atoms with Gasteiger partial charge in [0.1, 0.15) is 17.5 Å². The summed E-state index contributed by atoms with van der Waals surface area (Å²) in [5.41, 5.74) is 8.07. The Labute approximate surface area is 229 Å². The molecule has 0 spiro atoms. The Hall–Kier alpha value is -4.69. The lowest BCUT2D eigenvalue weighted by molar-refractivity contribution is 0.148. The topological polar surface area (TPSA) is 83.9 Å². The molecular formula is C32H31N7.